The van der Waals surface area contributed by atoms with Crippen molar-refractivity contribution >= 4 is 27.0 Å². The first-order valence-electron chi connectivity index (χ1n) is 11.8. The summed E-state index contributed by atoms with van der Waals surface area (Å²) in [6, 6.07) is 12.6. The zero-order chi connectivity index (χ0) is 24.1. The van der Waals surface area contributed by atoms with Crippen molar-refractivity contribution < 1.29 is 17.6 Å². The molecule has 1 aromatic heterocycles. The Morgan fingerprint density at radius 2 is 1.74 bits per heavy atom. The van der Waals surface area contributed by atoms with Crippen molar-refractivity contribution in [1.82, 2.24) is 14.6 Å². The molecule has 2 N–H and O–H groups in total. The van der Waals surface area contributed by atoms with Crippen LogP contribution in [0.15, 0.2) is 62.6 Å². The maximum Gasteiger partial charge on any atom is 0.419 e. The lowest BCUT2D eigenvalue weighted by Crippen LogP contribution is -2.50. The fourth-order valence-corrected chi connectivity index (χ4v) is 5.69. The van der Waals surface area contributed by atoms with E-state index in [4.69, 9.17) is 4.42 Å². The van der Waals surface area contributed by atoms with Crippen molar-refractivity contribution in [2.75, 3.05) is 0 Å². The highest BCUT2D eigenvalue weighted by molar-refractivity contribution is 7.89. The average molecular weight is 486 g/mol. The molecule has 0 unspecified atom stereocenters. The van der Waals surface area contributed by atoms with Crippen molar-refractivity contribution in [3.05, 3.63) is 64.6 Å². The van der Waals surface area contributed by atoms with E-state index in [9.17, 15) is 18.0 Å². The Kier molecular flexibility index (Phi) is 7.53. The molecule has 0 bridgehead atoms. The third-order valence-corrected chi connectivity index (χ3v) is 7.89. The van der Waals surface area contributed by atoms with Gasteiger partial charge in [-0.3, -0.25) is 9.36 Å². The third-order valence-electron chi connectivity index (χ3n) is 6.42. The van der Waals surface area contributed by atoms with Crippen LogP contribution in [-0.4, -0.2) is 31.0 Å². The second-order valence-corrected chi connectivity index (χ2v) is 10.7. The Morgan fingerprint density at radius 3 is 2.44 bits per heavy atom. The van der Waals surface area contributed by atoms with Gasteiger partial charge in [-0.15, -0.1) is 0 Å². The first kappa shape index (κ1) is 24.2. The number of hydrogen-bond donors (Lipinski definition) is 2. The van der Waals surface area contributed by atoms with Gasteiger partial charge in [0.05, 0.1) is 10.4 Å². The van der Waals surface area contributed by atoms with Crippen LogP contribution in [0.25, 0.3) is 11.1 Å². The van der Waals surface area contributed by atoms with Crippen LogP contribution in [-0.2, 0) is 28.3 Å². The first-order chi connectivity index (χ1) is 16.3. The van der Waals surface area contributed by atoms with Crippen LogP contribution in [0.3, 0.4) is 0 Å². The summed E-state index contributed by atoms with van der Waals surface area (Å²) >= 11 is 0. The van der Waals surface area contributed by atoms with E-state index in [-0.39, 0.29) is 28.8 Å². The number of aromatic nitrogens is 1. The molecule has 34 heavy (non-hydrogen) atoms. The lowest BCUT2D eigenvalue weighted by atomic mass is 9.96. The summed E-state index contributed by atoms with van der Waals surface area (Å²) in [7, 11) is -2.50. The van der Waals surface area contributed by atoms with Gasteiger partial charge in [-0.1, -0.05) is 62.4 Å². The minimum absolute atomic E-state index is 0.0468. The minimum atomic E-state index is -4.06. The van der Waals surface area contributed by atoms with Crippen LogP contribution >= 0.6 is 0 Å². The molecule has 1 atom stereocenters. The summed E-state index contributed by atoms with van der Waals surface area (Å²) in [5.41, 5.74) is 1.52. The average Bonchev–Trinajstić information content (AvgIpc) is 3.08. The molecule has 2 aromatic carbocycles. The predicted octanol–water partition coefficient (Wildman–Crippen LogP) is 3.25. The molecule has 8 nitrogen and oxygen atoms in total. The van der Waals surface area contributed by atoms with Gasteiger partial charge in [-0.05, 0) is 37.0 Å². The summed E-state index contributed by atoms with van der Waals surface area (Å²) in [6.45, 7) is 0. The minimum Gasteiger partial charge on any atom is -0.408 e. The fraction of sp³-hybridized carbons (Fsp3) is 0.440. The standard InChI is InChI=1S/C25H31N3O5S/c1-28-22-15-14-20(17-23(22)33-25(28)30)34(31,32)27-21(16-18-10-6-5-7-11-18)24(29)26-19-12-8-3-2-4-9-13-19/h5-7,10-11,14-15,17,19,21,27H,2-4,8-9,12-13,16H2,1H3,(H,26,29)/t21-/m1/s1. The van der Waals surface area contributed by atoms with E-state index in [2.05, 4.69) is 10.0 Å². The van der Waals surface area contributed by atoms with Crippen molar-refractivity contribution in [2.45, 2.75) is 68.3 Å². The lowest BCUT2D eigenvalue weighted by Gasteiger charge is -2.25. The van der Waals surface area contributed by atoms with Crippen molar-refractivity contribution in [3.8, 4) is 0 Å². The monoisotopic (exact) mass is 485 g/mol. The van der Waals surface area contributed by atoms with E-state index in [1.54, 1.807) is 7.05 Å². The number of amides is 1. The normalized spacial score (nSPS) is 16.6. The molecule has 0 saturated heterocycles. The Labute approximate surface area is 199 Å². The molecule has 3 aromatic rings. The van der Waals surface area contributed by atoms with Gasteiger partial charge in [0.25, 0.3) is 0 Å². The van der Waals surface area contributed by atoms with Crippen LogP contribution < -0.4 is 15.8 Å². The fourth-order valence-electron chi connectivity index (χ4n) is 4.48. The molecule has 0 radical (unpaired) electrons. The van der Waals surface area contributed by atoms with E-state index in [1.807, 2.05) is 30.3 Å². The number of nitrogens with one attached hydrogen (secondary N) is 2. The number of benzene rings is 2. The lowest BCUT2D eigenvalue weighted by molar-refractivity contribution is -0.123. The number of hydrogen-bond acceptors (Lipinski definition) is 5. The quantitative estimate of drug-likeness (QED) is 0.534. The van der Waals surface area contributed by atoms with Gasteiger partial charge in [-0.2, -0.15) is 4.72 Å². The second kappa shape index (κ2) is 10.6. The molecule has 1 saturated carbocycles. The molecular formula is C25H31N3O5S. The maximum atomic E-state index is 13.3. The van der Waals surface area contributed by atoms with E-state index in [1.165, 1.54) is 29.2 Å². The summed E-state index contributed by atoms with van der Waals surface area (Å²) in [5, 5.41) is 3.09. The second-order valence-electron chi connectivity index (χ2n) is 8.97. The highest BCUT2D eigenvalue weighted by Crippen LogP contribution is 2.20. The number of nitrogens with zero attached hydrogens (tertiary/aromatic N) is 1. The van der Waals surface area contributed by atoms with E-state index in [0.29, 0.717) is 5.52 Å². The van der Waals surface area contributed by atoms with Gasteiger partial charge in [0.2, 0.25) is 15.9 Å². The zero-order valence-corrected chi connectivity index (χ0v) is 20.1. The Morgan fingerprint density at radius 1 is 1.06 bits per heavy atom. The number of rotatable bonds is 7. The third kappa shape index (κ3) is 5.77. The maximum absolute atomic E-state index is 13.3. The number of carbonyl (C=O) groups excluding carboxylic acids is 1. The molecule has 0 spiro atoms. The number of aryl methyl sites for hydroxylation is 1. The zero-order valence-electron chi connectivity index (χ0n) is 19.3. The van der Waals surface area contributed by atoms with Crippen LogP contribution in [0, 0.1) is 0 Å². The van der Waals surface area contributed by atoms with Gasteiger partial charge in [0, 0.05) is 19.2 Å². The first-order valence-corrected chi connectivity index (χ1v) is 13.3. The van der Waals surface area contributed by atoms with Crippen LogP contribution in [0.2, 0.25) is 0 Å². The smallest absolute Gasteiger partial charge is 0.408 e. The van der Waals surface area contributed by atoms with E-state index >= 15 is 0 Å². The van der Waals surface area contributed by atoms with Crippen molar-refractivity contribution in [1.29, 1.82) is 0 Å². The molecule has 9 heteroatoms. The van der Waals surface area contributed by atoms with Crippen LogP contribution in [0.5, 0.6) is 0 Å². The molecule has 0 aliphatic heterocycles. The van der Waals surface area contributed by atoms with Crippen LogP contribution in [0.1, 0.15) is 50.5 Å². The van der Waals surface area contributed by atoms with Crippen LogP contribution in [0.4, 0.5) is 0 Å². The summed E-state index contributed by atoms with van der Waals surface area (Å²) in [5.74, 6) is -0.900. The highest BCUT2D eigenvalue weighted by atomic mass is 32.2. The molecule has 1 amide bonds. The highest BCUT2D eigenvalue weighted by Gasteiger charge is 2.28. The van der Waals surface area contributed by atoms with Gasteiger partial charge in [-0.25, -0.2) is 13.2 Å². The van der Waals surface area contributed by atoms with Gasteiger partial charge in [0.1, 0.15) is 6.04 Å². The molecule has 4 rings (SSSR count). The number of sulfonamides is 1. The topological polar surface area (TPSA) is 110 Å². The van der Waals surface area contributed by atoms with Crippen molar-refractivity contribution in [3.63, 3.8) is 0 Å². The van der Waals surface area contributed by atoms with Crippen molar-refractivity contribution in [2.24, 2.45) is 7.05 Å². The predicted molar refractivity (Wildman–Crippen MR) is 130 cm³/mol. The summed E-state index contributed by atoms with van der Waals surface area (Å²) < 4.78 is 35.5. The number of carbonyl (C=O) groups is 1. The summed E-state index contributed by atoms with van der Waals surface area (Å²) in [4.78, 5) is 25.0. The Balaban J connectivity index is 1.57. The SMILES string of the molecule is Cn1c(=O)oc2cc(S(=O)(=O)N[C@H](Cc3ccccc3)C(=O)NC3CCCCCCC3)ccc21. The number of oxazole rings is 1. The Hall–Kier alpha value is -2.91. The number of fused-ring (bicyclic) bond motifs is 1. The van der Waals surface area contributed by atoms with E-state index < -0.39 is 21.8 Å². The molecular weight excluding hydrogens is 454 g/mol. The molecule has 1 fully saturated rings. The molecule has 182 valence electrons. The molecule has 1 aliphatic rings. The largest absolute Gasteiger partial charge is 0.419 e. The Bertz CT molecular complexity index is 1290. The molecule has 1 aliphatic carbocycles. The van der Waals surface area contributed by atoms with Gasteiger partial charge < -0.3 is 9.73 Å². The van der Waals surface area contributed by atoms with E-state index in [0.717, 1.165) is 44.1 Å². The van der Waals surface area contributed by atoms with Gasteiger partial charge >= 0.3 is 5.76 Å². The van der Waals surface area contributed by atoms with Gasteiger partial charge in [0.15, 0.2) is 5.58 Å². The summed E-state index contributed by atoms with van der Waals surface area (Å²) in [6.07, 6.45) is 7.69. The molecule has 1 heterocycles.